The lowest BCUT2D eigenvalue weighted by atomic mass is 10.2. The van der Waals surface area contributed by atoms with E-state index in [1.807, 2.05) is 30.3 Å². The van der Waals surface area contributed by atoms with Gasteiger partial charge in [0.2, 0.25) is 0 Å². The van der Waals surface area contributed by atoms with Gasteiger partial charge in [0.15, 0.2) is 9.45 Å². The molecule has 1 atom stereocenters. The lowest BCUT2D eigenvalue weighted by Crippen LogP contribution is -2.46. The van der Waals surface area contributed by atoms with E-state index in [1.165, 1.54) is 30.2 Å². The summed E-state index contributed by atoms with van der Waals surface area (Å²) in [5.41, 5.74) is 6.92. The molecule has 0 aliphatic heterocycles. The van der Waals surface area contributed by atoms with Crippen molar-refractivity contribution in [1.29, 1.82) is 0 Å². The topological polar surface area (TPSA) is 92.4 Å². The molecule has 0 saturated heterocycles. The van der Waals surface area contributed by atoms with E-state index in [0.29, 0.717) is 15.6 Å². The van der Waals surface area contributed by atoms with Crippen LogP contribution in [0.5, 0.6) is 0 Å². The van der Waals surface area contributed by atoms with Gasteiger partial charge in [0.1, 0.15) is 4.88 Å². The molecule has 3 N–H and O–H groups in total. The van der Waals surface area contributed by atoms with Gasteiger partial charge in [-0.25, -0.2) is 9.78 Å². The average molecular weight is 537 g/mol. The predicted octanol–water partition coefficient (Wildman–Crippen LogP) is 5.45. The second kappa shape index (κ2) is 10.2. The van der Waals surface area contributed by atoms with E-state index in [2.05, 4.69) is 21.2 Å². The van der Waals surface area contributed by atoms with Crippen molar-refractivity contribution in [2.24, 2.45) is 0 Å². The molecule has 12 heteroatoms. The molecule has 2 heterocycles. The van der Waals surface area contributed by atoms with Crippen LogP contribution in [0.3, 0.4) is 0 Å². The van der Waals surface area contributed by atoms with Crippen LogP contribution in [0.4, 0.5) is 5.69 Å². The van der Waals surface area contributed by atoms with E-state index in [0.717, 1.165) is 24.6 Å². The number of rotatable bonds is 5. The number of carbonyl (C=O) groups excluding carboxylic acids is 2. The van der Waals surface area contributed by atoms with Gasteiger partial charge in [0.25, 0.3) is 5.91 Å². The van der Waals surface area contributed by atoms with Crippen LogP contribution in [0.25, 0.3) is 20.3 Å². The first-order valence-corrected chi connectivity index (χ1v) is 12.8. The van der Waals surface area contributed by atoms with E-state index >= 15 is 0 Å². The quantitative estimate of drug-likeness (QED) is 0.134. The minimum Gasteiger partial charge on any atom is -0.465 e. The number of amides is 1. The third kappa shape index (κ3) is 5.39. The number of thioether (sulfide) groups is 1. The van der Waals surface area contributed by atoms with Crippen molar-refractivity contribution < 1.29 is 14.3 Å². The Morgan fingerprint density at radius 3 is 2.70 bits per heavy atom. The third-order valence-electron chi connectivity index (χ3n) is 4.48. The zero-order valence-corrected chi connectivity index (χ0v) is 21.3. The Labute approximate surface area is 211 Å². The summed E-state index contributed by atoms with van der Waals surface area (Å²) in [6.07, 6.45) is 0. The van der Waals surface area contributed by atoms with Crippen molar-refractivity contribution in [3.63, 3.8) is 0 Å². The highest BCUT2D eigenvalue weighted by molar-refractivity contribution is 8.02. The van der Waals surface area contributed by atoms with Crippen molar-refractivity contribution in [1.82, 2.24) is 15.8 Å². The molecular weight excluding hydrogens is 520 g/mol. The highest BCUT2D eigenvalue weighted by atomic mass is 35.5. The van der Waals surface area contributed by atoms with Crippen LogP contribution >= 0.6 is 58.3 Å². The molecule has 0 aliphatic carbocycles. The summed E-state index contributed by atoms with van der Waals surface area (Å²) in [6, 6.07) is 13.2. The van der Waals surface area contributed by atoms with Crippen LogP contribution in [0, 0.1) is 0 Å². The molecule has 1 unspecified atom stereocenters. The Kier molecular flexibility index (Phi) is 7.35. The SMILES string of the molecule is COC(=O)c1sc2cc(NC(=S)NNC(=O)C(C)Sc3nc4ccccc4s3)ccc2c1Cl. The molecule has 0 spiro atoms. The zero-order chi connectivity index (χ0) is 23.5. The maximum Gasteiger partial charge on any atom is 0.349 e. The number of nitrogens with one attached hydrogen (secondary N) is 3. The molecule has 1 amide bonds. The van der Waals surface area contributed by atoms with Gasteiger partial charge in [-0.3, -0.25) is 15.6 Å². The number of para-hydroxylation sites is 1. The lowest BCUT2D eigenvalue weighted by molar-refractivity contribution is -0.120. The summed E-state index contributed by atoms with van der Waals surface area (Å²) < 4.78 is 7.48. The summed E-state index contributed by atoms with van der Waals surface area (Å²) in [4.78, 5) is 29.2. The Morgan fingerprint density at radius 1 is 1.15 bits per heavy atom. The number of thiophene rings is 1. The number of fused-ring (bicyclic) bond motifs is 2. The van der Waals surface area contributed by atoms with Crippen LogP contribution in [0.15, 0.2) is 46.8 Å². The molecular formula is C21H17ClN4O3S4. The number of thiazole rings is 1. The van der Waals surface area contributed by atoms with Gasteiger partial charge in [-0.05, 0) is 49.5 Å². The van der Waals surface area contributed by atoms with Crippen LogP contribution in [-0.4, -0.2) is 34.3 Å². The first kappa shape index (κ1) is 23.7. The summed E-state index contributed by atoms with van der Waals surface area (Å²) in [7, 11) is 1.31. The minimum absolute atomic E-state index is 0.218. The zero-order valence-electron chi connectivity index (χ0n) is 17.3. The van der Waals surface area contributed by atoms with E-state index < -0.39 is 5.97 Å². The first-order valence-electron chi connectivity index (χ1n) is 9.55. The number of methoxy groups -OCH3 is 1. The molecule has 0 radical (unpaired) electrons. The largest absolute Gasteiger partial charge is 0.465 e. The average Bonchev–Trinajstić information content (AvgIpc) is 3.36. The van der Waals surface area contributed by atoms with Gasteiger partial charge in [0.05, 0.1) is 27.6 Å². The Morgan fingerprint density at radius 2 is 1.94 bits per heavy atom. The number of hydrazine groups is 1. The molecule has 0 aliphatic rings. The molecule has 2 aromatic carbocycles. The van der Waals surface area contributed by atoms with Crippen molar-refractivity contribution in [2.75, 3.05) is 12.4 Å². The predicted molar refractivity (Wildman–Crippen MR) is 141 cm³/mol. The molecule has 4 aromatic rings. The number of aromatic nitrogens is 1. The van der Waals surface area contributed by atoms with Crippen molar-refractivity contribution in [3.05, 3.63) is 52.4 Å². The summed E-state index contributed by atoms with van der Waals surface area (Å²) in [5, 5.41) is 3.96. The normalized spacial score (nSPS) is 11.8. The molecule has 0 saturated carbocycles. The fourth-order valence-electron chi connectivity index (χ4n) is 2.86. The van der Waals surface area contributed by atoms with Crippen LogP contribution < -0.4 is 16.2 Å². The molecule has 2 aromatic heterocycles. The van der Waals surface area contributed by atoms with Gasteiger partial charge in [-0.1, -0.05) is 35.5 Å². The standard InChI is InChI=1S/C21H17ClN4O3S4/c1-10(31-21-24-13-5-3-4-6-14(13)33-21)18(27)25-26-20(30)23-11-7-8-12-15(9-11)32-17(16(12)22)19(28)29-2/h3-10H,1-2H3,(H,25,27)(H2,23,26,30). The maximum atomic E-state index is 12.5. The van der Waals surface area contributed by atoms with Crippen LogP contribution in [0.1, 0.15) is 16.6 Å². The number of hydrogen-bond acceptors (Lipinski definition) is 8. The molecule has 33 heavy (non-hydrogen) atoms. The van der Waals surface area contributed by atoms with Gasteiger partial charge in [-0.2, -0.15) is 0 Å². The Hall–Kier alpha value is -2.44. The molecule has 170 valence electrons. The highest BCUT2D eigenvalue weighted by Gasteiger charge is 2.19. The second-order valence-corrected chi connectivity index (χ2v) is 11.2. The smallest absolute Gasteiger partial charge is 0.349 e. The van der Waals surface area contributed by atoms with E-state index in [1.54, 1.807) is 30.4 Å². The number of halogens is 1. The number of esters is 1. The number of hydrogen-bond donors (Lipinski definition) is 3. The second-order valence-electron chi connectivity index (χ2n) is 6.72. The van der Waals surface area contributed by atoms with E-state index in [9.17, 15) is 9.59 Å². The summed E-state index contributed by atoms with van der Waals surface area (Å²) in [5.74, 6) is -0.708. The summed E-state index contributed by atoms with van der Waals surface area (Å²) in [6.45, 7) is 1.80. The molecule has 0 fully saturated rings. The van der Waals surface area contributed by atoms with Gasteiger partial charge in [-0.15, -0.1) is 22.7 Å². The van der Waals surface area contributed by atoms with Gasteiger partial charge in [0, 0.05) is 15.8 Å². The first-order chi connectivity index (χ1) is 15.9. The Balaban J connectivity index is 1.33. The van der Waals surface area contributed by atoms with Crippen LogP contribution in [0.2, 0.25) is 5.02 Å². The number of carbonyl (C=O) groups is 2. The van der Waals surface area contributed by atoms with E-state index in [-0.39, 0.29) is 16.3 Å². The Bertz CT molecular complexity index is 1340. The van der Waals surface area contributed by atoms with Gasteiger partial charge < -0.3 is 10.1 Å². The fraction of sp³-hybridized carbons (Fsp3) is 0.143. The van der Waals surface area contributed by atoms with Crippen molar-refractivity contribution in [2.45, 2.75) is 16.5 Å². The number of anilines is 1. The van der Waals surface area contributed by atoms with Gasteiger partial charge >= 0.3 is 5.97 Å². The van der Waals surface area contributed by atoms with Crippen LogP contribution in [-0.2, 0) is 9.53 Å². The fourth-order valence-corrected chi connectivity index (χ4v) is 6.70. The monoisotopic (exact) mass is 536 g/mol. The number of thiocarbonyl (C=S) groups is 1. The van der Waals surface area contributed by atoms with Crippen molar-refractivity contribution >= 4 is 101 Å². The third-order valence-corrected chi connectivity index (χ3v) is 8.55. The van der Waals surface area contributed by atoms with E-state index in [4.69, 9.17) is 28.6 Å². The minimum atomic E-state index is -0.478. The summed E-state index contributed by atoms with van der Waals surface area (Å²) >= 11 is 15.7. The molecule has 7 nitrogen and oxygen atoms in total. The highest BCUT2D eigenvalue weighted by Crippen LogP contribution is 2.37. The van der Waals surface area contributed by atoms with Crippen molar-refractivity contribution in [3.8, 4) is 0 Å². The molecule has 4 rings (SSSR count). The number of benzene rings is 2. The lowest BCUT2D eigenvalue weighted by Gasteiger charge is -2.14. The molecule has 0 bridgehead atoms. The number of ether oxygens (including phenoxy) is 1. The number of nitrogens with zero attached hydrogens (tertiary/aromatic N) is 1. The maximum absolute atomic E-state index is 12.5.